The predicted octanol–water partition coefficient (Wildman–Crippen LogP) is 0.189. The van der Waals surface area contributed by atoms with E-state index in [2.05, 4.69) is 25.8 Å². The number of esters is 1. The van der Waals surface area contributed by atoms with Gasteiger partial charge in [-0.05, 0) is 17.7 Å². The zero-order chi connectivity index (χ0) is 15.9. The summed E-state index contributed by atoms with van der Waals surface area (Å²) in [6, 6.07) is 6.54. The third-order valence-electron chi connectivity index (χ3n) is 2.80. The number of nitrogens with one attached hydrogen (secondary N) is 2. The van der Waals surface area contributed by atoms with Crippen molar-refractivity contribution in [2.75, 3.05) is 7.11 Å². The fraction of sp³-hybridized carbons (Fsp3) is 0.214. The van der Waals surface area contributed by atoms with Crippen molar-refractivity contribution in [1.82, 2.24) is 10.9 Å². The number of hydrogen-bond donors (Lipinski definition) is 2. The van der Waals surface area contributed by atoms with Gasteiger partial charge in [0.05, 0.1) is 37.4 Å². The second kappa shape index (κ2) is 7.11. The van der Waals surface area contributed by atoms with Crippen molar-refractivity contribution in [2.45, 2.75) is 12.8 Å². The van der Waals surface area contributed by atoms with Gasteiger partial charge in [-0.2, -0.15) is 10.2 Å². The highest BCUT2D eigenvalue weighted by Gasteiger charge is 2.16. The van der Waals surface area contributed by atoms with E-state index in [4.69, 9.17) is 0 Å². The normalized spacial score (nSPS) is 13.7. The minimum Gasteiger partial charge on any atom is -0.465 e. The number of ether oxygens (including phenoxy) is 1. The van der Waals surface area contributed by atoms with Crippen LogP contribution in [0.25, 0.3) is 0 Å². The summed E-state index contributed by atoms with van der Waals surface area (Å²) >= 11 is 0. The second-order valence-electron chi connectivity index (χ2n) is 4.47. The summed E-state index contributed by atoms with van der Waals surface area (Å²) < 4.78 is 4.59. The summed E-state index contributed by atoms with van der Waals surface area (Å²) in [6.45, 7) is 0. The van der Waals surface area contributed by atoms with Gasteiger partial charge in [0.2, 0.25) is 11.8 Å². The first-order valence-corrected chi connectivity index (χ1v) is 6.43. The number of hydrazone groups is 2. The van der Waals surface area contributed by atoms with E-state index < -0.39 is 5.97 Å². The average molecular weight is 302 g/mol. The molecule has 0 spiro atoms. The summed E-state index contributed by atoms with van der Waals surface area (Å²) in [5, 5.41) is 7.51. The lowest BCUT2D eigenvalue weighted by atomic mass is 10.1. The zero-order valence-corrected chi connectivity index (χ0v) is 11.8. The fourth-order valence-corrected chi connectivity index (χ4v) is 1.73. The highest BCUT2D eigenvalue weighted by atomic mass is 16.5. The van der Waals surface area contributed by atoms with E-state index in [9.17, 15) is 14.4 Å². The van der Waals surface area contributed by atoms with E-state index in [1.165, 1.54) is 13.3 Å². The Hall–Kier alpha value is -3.03. The standard InChI is InChI=1S/C14H14N4O4/c1-22-14(21)10-4-2-9(3-5-10)8-15-17-12(19)6-11-7-13(20)18-16-11/h2-5,8H,6-7H2,1H3,(H,17,19)(H,18,20)/b15-8-. The molecule has 0 atom stereocenters. The summed E-state index contributed by atoms with van der Waals surface area (Å²) in [7, 11) is 1.31. The summed E-state index contributed by atoms with van der Waals surface area (Å²) in [5.74, 6) is -1.01. The van der Waals surface area contributed by atoms with Gasteiger partial charge in [0.25, 0.3) is 0 Å². The number of methoxy groups -OCH3 is 1. The molecular weight excluding hydrogens is 288 g/mol. The molecule has 1 aliphatic heterocycles. The van der Waals surface area contributed by atoms with E-state index in [1.54, 1.807) is 24.3 Å². The van der Waals surface area contributed by atoms with Gasteiger partial charge < -0.3 is 4.74 Å². The molecule has 22 heavy (non-hydrogen) atoms. The lowest BCUT2D eigenvalue weighted by Gasteiger charge is -2.00. The average Bonchev–Trinajstić information content (AvgIpc) is 2.92. The molecule has 1 heterocycles. The zero-order valence-electron chi connectivity index (χ0n) is 11.8. The topological polar surface area (TPSA) is 109 Å². The van der Waals surface area contributed by atoms with Crippen LogP contribution in [0.5, 0.6) is 0 Å². The number of carbonyl (C=O) groups excluding carboxylic acids is 3. The molecule has 1 aromatic carbocycles. The minimum atomic E-state index is -0.419. The molecule has 0 aromatic heterocycles. The van der Waals surface area contributed by atoms with Crippen molar-refractivity contribution in [3.8, 4) is 0 Å². The summed E-state index contributed by atoms with van der Waals surface area (Å²) in [6.07, 6.45) is 1.59. The van der Waals surface area contributed by atoms with Crippen LogP contribution in [0, 0.1) is 0 Å². The quantitative estimate of drug-likeness (QED) is 0.459. The van der Waals surface area contributed by atoms with Gasteiger partial charge >= 0.3 is 5.97 Å². The minimum absolute atomic E-state index is 0.0113. The molecule has 2 amide bonds. The number of benzene rings is 1. The molecule has 0 fully saturated rings. The van der Waals surface area contributed by atoms with Crippen LogP contribution in [0.1, 0.15) is 28.8 Å². The molecular formula is C14H14N4O4. The van der Waals surface area contributed by atoms with Gasteiger partial charge in [-0.25, -0.2) is 15.6 Å². The first kappa shape index (κ1) is 15.4. The lowest BCUT2D eigenvalue weighted by molar-refractivity contribution is -0.119. The monoisotopic (exact) mass is 302 g/mol. The summed E-state index contributed by atoms with van der Waals surface area (Å²) in [5.41, 5.74) is 6.22. The van der Waals surface area contributed by atoms with Crippen LogP contribution in [0.15, 0.2) is 34.5 Å². The van der Waals surface area contributed by atoms with Crippen molar-refractivity contribution in [2.24, 2.45) is 10.2 Å². The Morgan fingerprint density at radius 1 is 1.41 bits per heavy atom. The third-order valence-corrected chi connectivity index (χ3v) is 2.80. The first-order chi connectivity index (χ1) is 10.6. The molecule has 8 heteroatoms. The largest absolute Gasteiger partial charge is 0.465 e. The SMILES string of the molecule is COC(=O)c1ccc(/C=N\NC(=O)CC2=NNC(=O)C2)cc1. The Morgan fingerprint density at radius 3 is 2.73 bits per heavy atom. The highest BCUT2D eigenvalue weighted by Crippen LogP contribution is 2.04. The van der Waals surface area contributed by atoms with Crippen molar-refractivity contribution >= 4 is 29.7 Å². The van der Waals surface area contributed by atoms with Gasteiger partial charge in [-0.1, -0.05) is 12.1 Å². The van der Waals surface area contributed by atoms with Gasteiger partial charge in [-0.3, -0.25) is 9.59 Å². The van der Waals surface area contributed by atoms with Gasteiger partial charge in [0.15, 0.2) is 0 Å². The van der Waals surface area contributed by atoms with E-state index in [0.717, 1.165) is 0 Å². The van der Waals surface area contributed by atoms with Crippen molar-refractivity contribution < 1.29 is 19.1 Å². The molecule has 0 saturated heterocycles. The Morgan fingerprint density at radius 2 is 2.14 bits per heavy atom. The van der Waals surface area contributed by atoms with Crippen LogP contribution in [0.2, 0.25) is 0 Å². The first-order valence-electron chi connectivity index (χ1n) is 6.43. The van der Waals surface area contributed by atoms with E-state index in [0.29, 0.717) is 16.8 Å². The molecule has 0 radical (unpaired) electrons. The Bertz CT molecular complexity index is 649. The van der Waals surface area contributed by atoms with Gasteiger partial charge in [0.1, 0.15) is 0 Å². The fourth-order valence-electron chi connectivity index (χ4n) is 1.73. The van der Waals surface area contributed by atoms with Crippen molar-refractivity contribution in [1.29, 1.82) is 0 Å². The van der Waals surface area contributed by atoms with Gasteiger partial charge in [-0.15, -0.1) is 0 Å². The number of amides is 2. The highest BCUT2D eigenvalue weighted by molar-refractivity contribution is 6.11. The number of rotatable bonds is 5. The van der Waals surface area contributed by atoms with Crippen LogP contribution < -0.4 is 10.9 Å². The molecule has 1 aromatic rings. The van der Waals surface area contributed by atoms with E-state index in [1.807, 2.05) is 0 Å². The molecule has 8 nitrogen and oxygen atoms in total. The van der Waals surface area contributed by atoms with Crippen LogP contribution in [-0.4, -0.2) is 36.8 Å². The Balaban J connectivity index is 1.83. The molecule has 2 rings (SSSR count). The molecule has 0 aliphatic carbocycles. The van der Waals surface area contributed by atoms with Crippen LogP contribution in [0.3, 0.4) is 0 Å². The van der Waals surface area contributed by atoms with E-state index >= 15 is 0 Å². The molecule has 0 bridgehead atoms. The molecule has 2 N–H and O–H groups in total. The predicted molar refractivity (Wildman–Crippen MR) is 78.3 cm³/mol. The Kier molecular flexibility index (Phi) is 4.97. The molecule has 1 aliphatic rings. The smallest absolute Gasteiger partial charge is 0.337 e. The van der Waals surface area contributed by atoms with Gasteiger partial charge in [0, 0.05) is 0 Å². The summed E-state index contributed by atoms with van der Waals surface area (Å²) in [4.78, 5) is 33.7. The lowest BCUT2D eigenvalue weighted by Crippen LogP contribution is -2.20. The number of carbonyl (C=O) groups is 3. The second-order valence-corrected chi connectivity index (χ2v) is 4.47. The maximum Gasteiger partial charge on any atom is 0.337 e. The van der Waals surface area contributed by atoms with Crippen LogP contribution in [0.4, 0.5) is 0 Å². The molecule has 0 saturated carbocycles. The Labute approximate surface area is 126 Å². The third kappa shape index (κ3) is 4.23. The molecule has 114 valence electrons. The van der Waals surface area contributed by atoms with E-state index in [-0.39, 0.29) is 24.7 Å². The van der Waals surface area contributed by atoms with Crippen LogP contribution in [-0.2, 0) is 14.3 Å². The van der Waals surface area contributed by atoms with Crippen molar-refractivity contribution in [3.63, 3.8) is 0 Å². The van der Waals surface area contributed by atoms with Crippen molar-refractivity contribution in [3.05, 3.63) is 35.4 Å². The maximum atomic E-state index is 11.6. The molecule has 0 unspecified atom stereocenters. The van der Waals surface area contributed by atoms with Crippen LogP contribution >= 0.6 is 0 Å². The number of hydrogen-bond acceptors (Lipinski definition) is 6. The maximum absolute atomic E-state index is 11.6. The number of nitrogens with zero attached hydrogens (tertiary/aromatic N) is 2.